The molecule has 4 heterocycles. The number of benzene rings is 12. The van der Waals surface area contributed by atoms with E-state index in [4.69, 9.17) is 2.74 Å². The number of aromatic nitrogens is 2. The van der Waals surface area contributed by atoms with Crippen LogP contribution in [0.15, 0.2) is 248 Å². The van der Waals surface area contributed by atoms with Gasteiger partial charge in [-0.3, -0.25) is 0 Å². The number of rotatable bonds is 7. The van der Waals surface area contributed by atoms with Crippen LogP contribution in [0.3, 0.4) is 0 Å². The fourth-order valence-corrected chi connectivity index (χ4v) is 14.9. The van der Waals surface area contributed by atoms with E-state index in [1.54, 1.807) is 4.57 Å². The summed E-state index contributed by atoms with van der Waals surface area (Å²) in [5, 5.41) is -0.359. The highest BCUT2D eigenvalue weighted by Gasteiger charge is 2.45. The van der Waals surface area contributed by atoms with Crippen LogP contribution >= 0.6 is 0 Å². The highest BCUT2D eigenvalue weighted by molar-refractivity contribution is 7.00. The lowest BCUT2D eigenvalue weighted by Gasteiger charge is -2.45. The molecule has 0 spiro atoms. The third-order valence-electron chi connectivity index (χ3n) is 20.8. The van der Waals surface area contributed by atoms with Gasteiger partial charge in [0, 0.05) is 61.4 Å². The Balaban J connectivity index is 1.11. The van der Waals surface area contributed by atoms with Gasteiger partial charge in [0.1, 0.15) is 0 Å². The number of nitrogens with zero attached hydrogens (tertiary/aromatic N) is 4. The zero-order chi connectivity index (χ0) is 84.7. The summed E-state index contributed by atoms with van der Waals surface area (Å²) in [6.07, 6.45) is 0. The third-order valence-corrected chi connectivity index (χ3v) is 20.8. The average molecular weight is 1330 g/mol. The summed E-state index contributed by atoms with van der Waals surface area (Å²) in [7, 11) is 0. The number of hydrogen-bond donors (Lipinski definition) is 0. The molecule has 0 saturated carbocycles. The summed E-state index contributed by atoms with van der Waals surface area (Å²) in [5.74, 6) is 0. The molecule has 101 heavy (non-hydrogen) atoms. The molecule has 0 unspecified atom stereocenters. The second kappa shape index (κ2) is 23.2. The molecule has 0 N–H and O–H groups in total. The quantitative estimate of drug-likeness (QED) is 0.148. The Morgan fingerprint density at radius 1 is 0.257 bits per heavy atom. The Morgan fingerprint density at radius 2 is 0.604 bits per heavy atom. The Labute approximate surface area is 622 Å². The molecule has 0 radical (unpaired) electrons. The predicted octanol–water partition coefficient (Wildman–Crippen LogP) is 24.7. The minimum Gasteiger partial charge on any atom is -0.311 e. The van der Waals surface area contributed by atoms with Crippen LogP contribution in [0.2, 0.25) is 0 Å². The van der Waals surface area contributed by atoms with Crippen molar-refractivity contribution in [1.29, 1.82) is 0 Å². The van der Waals surface area contributed by atoms with E-state index in [0.717, 1.165) is 83.4 Å². The van der Waals surface area contributed by atoms with Crippen LogP contribution in [0.1, 0.15) is 180 Å². The van der Waals surface area contributed by atoms with Crippen molar-refractivity contribution in [3.8, 4) is 44.8 Å². The molecule has 0 fully saturated rings. The Morgan fingerprint density at radius 3 is 1.02 bits per heavy atom. The van der Waals surface area contributed by atoms with E-state index in [1.807, 2.05) is 42.5 Å². The van der Waals surface area contributed by atoms with E-state index in [0.29, 0.717) is 22.7 Å². The number of fused-ring (bicyclic) bond motifs is 10. The number of anilines is 6. The van der Waals surface area contributed by atoms with Gasteiger partial charge in [0.05, 0.1) is 49.7 Å². The molecule has 14 aromatic rings. The van der Waals surface area contributed by atoms with E-state index >= 15 is 0 Å². The molecule has 0 bridgehead atoms. The first kappa shape index (κ1) is 49.4. The van der Waals surface area contributed by atoms with Crippen molar-refractivity contribution in [3.05, 3.63) is 282 Å². The smallest absolute Gasteiger partial charge is 0.252 e. The first-order valence-corrected chi connectivity index (χ1v) is 35.3. The second-order valence-corrected chi connectivity index (χ2v) is 34.1. The van der Waals surface area contributed by atoms with Crippen LogP contribution in [0, 0.1) is 0 Å². The normalized spacial score (nSPS) is 15.8. The third kappa shape index (κ3) is 11.3. The lowest BCUT2D eigenvalue weighted by molar-refractivity contribution is 0.568. The molecule has 0 aliphatic carbocycles. The van der Waals surface area contributed by atoms with Gasteiger partial charge in [0.2, 0.25) is 0 Å². The van der Waals surface area contributed by atoms with Crippen molar-refractivity contribution in [2.45, 2.75) is 157 Å². The maximum Gasteiger partial charge on any atom is 0.252 e. The van der Waals surface area contributed by atoms with Crippen LogP contribution in [0.5, 0.6) is 0 Å². The Hall–Kier alpha value is -10.1. The summed E-state index contributed by atoms with van der Waals surface area (Å²) in [6.45, 7) is 39.2. The molecule has 2 aromatic heterocycles. The summed E-state index contributed by atoms with van der Waals surface area (Å²) >= 11 is 0. The molecule has 0 amide bonds. The molecule has 5 heteroatoms. The SMILES string of the molecule is [2H]c1c([2H])c([2H])c2c(c1[2H])c1c([2H])c([2H])c([2H])c([2H])c1n2-c1ccc2c(c1)N(c1cccc(-c3cc(C(C)(C)C)cc(C(C)(C)C)c3)c1)c1cc(-n3c4c([2H])c([2H])c([2H])c([2H])c4c4c([2H])c([2H])c([2H])c([2H])c43)cc3c1B2c1cc(-c2cc(C(C)(C)C)cc(C(C)(C)C)c2)ccc1N3c1ccc(-c2cc(C(C)(C)C)cc(C(C)(C)C)c2)cc1. The van der Waals surface area contributed by atoms with Crippen molar-refractivity contribution in [2.24, 2.45) is 0 Å². The van der Waals surface area contributed by atoms with E-state index in [-0.39, 0.29) is 87.5 Å². The van der Waals surface area contributed by atoms with Crippen molar-refractivity contribution < 1.29 is 21.9 Å². The minimum atomic E-state index is -0.722. The lowest BCUT2D eigenvalue weighted by atomic mass is 9.33. The summed E-state index contributed by atoms with van der Waals surface area (Å²) in [4.78, 5) is 4.36. The van der Waals surface area contributed by atoms with Crippen LogP contribution in [0.25, 0.3) is 88.4 Å². The van der Waals surface area contributed by atoms with Gasteiger partial charge < -0.3 is 18.9 Å². The van der Waals surface area contributed by atoms with E-state index in [1.165, 1.54) is 15.7 Å². The van der Waals surface area contributed by atoms with Crippen LogP contribution in [0.4, 0.5) is 34.1 Å². The van der Waals surface area contributed by atoms with E-state index in [9.17, 15) is 19.2 Å². The first-order chi connectivity index (χ1) is 54.5. The molecule has 12 aromatic carbocycles. The van der Waals surface area contributed by atoms with Gasteiger partial charge in [0.15, 0.2) is 0 Å². The minimum absolute atomic E-state index is 0.0656. The van der Waals surface area contributed by atoms with Gasteiger partial charge in [-0.15, -0.1) is 0 Å². The Bertz CT molecular complexity index is 6420. The molecule has 4 nitrogen and oxygen atoms in total. The van der Waals surface area contributed by atoms with Gasteiger partial charge >= 0.3 is 0 Å². The molecule has 16 rings (SSSR count). The average Bonchev–Trinajstić information content (AvgIpc) is 1.68. The summed E-state index contributed by atoms with van der Waals surface area (Å²) in [6, 6.07) is 45.2. The summed E-state index contributed by atoms with van der Waals surface area (Å²) in [5.41, 5.74) is 17.7. The van der Waals surface area contributed by atoms with Gasteiger partial charge in [-0.25, -0.2) is 0 Å². The van der Waals surface area contributed by atoms with Crippen LogP contribution in [-0.2, 0) is 32.5 Å². The van der Waals surface area contributed by atoms with Crippen molar-refractivity contribution >= 4 is 101 Å². The van der Waals surface area contributed by atoms with Gasteiger partial charge in [-0.05, 0) is 194 Å². The summed E-state index contributed by atoms with van der Waals surface area (Å²) < 4.78 is 155. The van der Waals surface area contributed by atoms with Crippen molar-refractivity contribution in [1.82, 2.24) is 9.13 Å². The fraction of sp³-hybridized carbons (Fsp3) is 0.250. The molecular formula is C96H95BN4. The van der Waals surface area contributed by atoms with Gasteiger partial charge in [-0.2, -0.15) is 0 Å². The number of hydrogen-bond acceptors (Lipinski definition) is 2. The maximum absolute atomic E-state index is 10.0. The zero-order valence-corrected chi connectivity index (χ0v) is 61.3. The van der Waals surface area contributed by atoms with E-state index < -0.39 is 103 Å². The molecule has 0 atom stereocenters. The standard InChI is InChI=1S/C96H95BN4/c1-91(2,3)66-46-63(47-67(54-66)92(4,5)6)60-38-41-72(42-39-60)98-86-45-40-62(65-50-70(95(13,14)15)56-71(51-65)96(16,17)18)53-81(86)97-80-44-43-74(99-82-34-23-19-30-76(82)77-31-20-24-35-83(77)99)57-87(80)100(73-29-27-28-61(52-73)64-48-68(93(7,8)9)55-69(49-64)94(10,11)12)89-59-75(58-88(98)90(89)97)101-84-36-25-21-32-78(84)79-33-22-26-37-85(79)101/h19-59H,1-18H3/i19D,20D,21D,22D,23D,24D,25D,26D,30D,31D,32D,33D,34D,35D,36D,37D. The molecular weight excluding hydrogens is 1220 g/mol. The molecule has 2 aliphatic rings. The topological polar surface area (TPSA) is 16.3 Å². The van der Waals surface area contributed by atoms with E-state index in [2.05, 4.69) is 244 Å². The molecule has 0 saturated heterocycles. The second-order valence-electron chi connectivity index (χ2n) is 34.1. The fourth-order valence-electron chi connectivity index (χ4n) is 14.9. The van der Waals surface area contributed by atoms with Gasteiger partial charge in [0.25, 0.3) is 6.71 Å². The monoisotopic (exact) mass is 1330 g/mol. The lowest BCUT2D eigenvalue weighted by Crippen LogP contribution is -2.61. The van der Waals surface area contributed by atoms with Crippen molar-refractivity contribution in [3.63, 3.8) is 0 Å². The maximum atomic E-state index is 10.0. The zero-order valence-electron chi connectivity index (χ0n) is 77.3. The van der Waals surface area contributed by atoms with Crippen molar-refractivity contribution in [2.75, 3.05) is 9.80 Å². The highest BCUT2D eigenvalue weighted by atomic mass is 15.2. The predicted molar refractivity (Wildman–Crippen MR) is 438 cm³/mol. The van der Waals surface area contributed by atoms with Crippen LogP contribution < -0.4 is 26.2 Å². The first-order valence-electron chi connectivity index (χ1n) is 43.3. The van der Waals surface area contributed by atoms with Gasteiger partial charge in [-0.1, -0.05) is 294 Å². The van der Waals surface area contributed by atoms with Crippen LogP contribution in [-0.4, -0.2) is 15.8 Å². The molecule has 502 valence electrons. The Kier molecular flexibility index (Phi) is 11.4. The highest BCUT2D eigenvalue weighted by Crippen LogP contribution is 2.50. The number of para-hydroxylation sites is 4. The largest absolute Gasteiger partial charge is 0.311 e. The molecule has 2 aliphatic heterocycles.